The third-order valence-corrected chi connectivity index (χ3v) is 2.27. The molecule has 1 nitrogen and oxygen atoms in total. The van der Waals surface area contributed by atoms with Gasteiger partial charge in [0.1, 0.15) is 5.78 Å². The van der Waals surface area contributed by atoms with Crippen LogP contribution in [0.2, 0.25) is 0 Å². The minimum absolute atomic E-state index is 0.464. The molecule has 0 aromatic carbocycles. The lowest BCUT2D eigenvalue weighted by Gasteiger charge is -2.05. The fourth-order valence-corrected chi connectivity index (χ4v) is 1.40. The SMILES string of the molecule is CC/C=C\CCC.O=C1CCCCC1. The number of Topliss-reactive ketones (excluding diaryl/α,β-unsaturated/α-hetero) is 1. The summed E-state index contributed by atoms with van der Waals surface area (Å²) >= 11 is 0. The quantitative estimate of drug-likeness (QED) is 0.616. The standard InChI is InChI=1S/C7H14.C6H10O/c1-3-5-7-6-4-2;7-6-4-2-1-3-5-6/h5,7H,3-4,6H2,1-2H3;1-5H2/b7-5-;. The van der Waals surface area contributed by atoms with Gasteiger partial charge in [-0.25, -0.2) is 0 Å². The summed E-state index contributed by atoms with van der Waals surface area (Å²) in [5.74, 6) is 0.464. The van der Waals surface area contributed by atoms with Gasteiger partial charge in [0, 0.05) is 12.8 Å². The van der Waals surface area contributed by atoms with Crippen LogP contribution >= 0.6 is 0 Å². The van der Waals surface area contributed by atoms with Gasteiger partial charge in [0.2, 0.25) is 0 Å². The molecule has 1 fully saturated rings. The molecule has 14 heavy (non-hydrogen) atoms. The van der Waals surface area contributed by atoms with E-state index in [4.69, 9.17) is 0 Å². The van der Waals surface area contributed by atoms with E-state index in [1.165, 1.54) is 25.7 Å². The van der Waals surface area contributed by atoms with Crippen molar-refractivity contribution >= 4 is 5.78 Å². The number of allylic oxidation sites excluding steroid dienone is 2. The molecule has 1 heteroatoms. The van der Waals surface area contributed by atoms with Crippen molar-refractivity contribution in [3.8, 4) is 0 Å². The number of unbranched alkanes of at least 4 members (excludes halogenated alkanes) is 1. The van der Waals surface area contributed by atoms with Crippen LogP contribution in [0.15, 0.2) is 12.2 Å². The smallest absolute Gasteiger partial charge is 0.132 e. The molecule has 0 bridgehead atoms. The highest BCUT2D eigenvalue weighted by Gasteiger charge is 2.05. The Labute approximate surface area is 88.6 Å². The van der Waals surface area contributed by atoms with Crippen LogP contribution in [0.4, 0.5) is 0 Å². The highest BCUT2D eigenvalue weighted by atomic mass is 16.1. The fourth-order valence-electron chi connectivity index (χ4n) is 1.40. The van der Waals surface area contributed by atoms with E-state index in [1.54, 1.807) is 0 Å². The molecule has 1 aliphatic rings. The lowest BCUT2D eigenvalue weighted by atomic mass is 10.00. The molecular weight excluding hydrogens is 172 g/mol. The topological polar surface area (TPSA) is 17.1 Å². The maximum Gasteiger partial charge on any atom is 0.132 e. The Morgan fingerprint density at radius 3 is 2.07 bits per heavy atom. The van der Waals surface area contributed by atoms with Crippen LogP contribution in [0.25, 0.3) is 0 Å². The molecular formula is C13H24O. The molecule has 0 aliphatic heterocycles. The van der Waals surface area contributed by atoms with Crippen molar-refractivity contribution in [3.05, 3.63) is 12.2 Å². The first-order valence-corrected chi connectivity index (χ1v) is 5.98. The van der Waals surface area contributed by atoms with Crippen molar-refractivity contribution in [2.24, 2.45) is 0 Å². The molecule has 1 aliphatic carbocycles. The van der Waals surface area contributed by atoms with Gasteiger partial charge in [-0.05, 0) is 25.7 Å². The van der Waals surface area contributed by atoms with Crippen molar-refractivity contribution in [1.82, 2.24) is 0 Å². The van der Waals surface area contributed by atoms with Crippen LogP contribution in [0.1, 0.15) is 65.2 Å². The van der Waals surface area contributed by atoms with Gasteiger partial charge in [-0.2, -0.15) is 0 Å². The van der Waals surface area contributed by atoms with E-state index in [9.17, 15) is 4.79 Å². The maximum atomic E-state index is 10.5. The second kappa shape index (κ2) is 10.5. The van der Waals surface area contributed by atoms with Crippen LogP contribution in [0.3, 0.4) is 0 Å². The van der Waals surface area contributed by atoms with Gasteiger partial charge < -0.3 is 0 Å². The zero-order valence-corrected chi connectivity index (χ0v) is 9.72. The zero-order valence-electron chi connectivity index (χ0n) is 9.72. The monoisotopic (exact) mass is 196 g/mol. The van der Waals surface area contributed by atoms with Gasteiger partial charge in [0.15, 0.2) is 0 Å². The lowest BCUT2D eigenvalue weighted by molar-refractivity contribution is -0.120. The zero-order chi connectivity index (χ0) is 10.6. The second-order valence-corrected chi connectivity index (χ2v) is 3.77. The molecule has 82 valence electrons. The number of rotatable bonds is 3. The molecule has 0 heterocycles. The molecule has 0 aromatic rings. The Kier molecular flexibility index (Phi) is 10.0. The predicted molar refractivity (Wildman–Crippen MR) is 62.4 cm³/mol. The van der Waals surface area contributed by atoms with Gasteiger partial charge in [-0.3, -0.25) is 4.79 Å². The Hall–Kier alpha value is -0.590. The van der Waals surface area contributed by atoms with Gasteiger partial charge in [-0.1, -0.05) is 38.8 Å². The molecule has 0 saturated heterocycles. The van der Waals surface area contributed by atoms with E-state index in [2.05, 4.69) is 26.0 Å². The van der Waals surface area contributed by atoms with Gasteiger partial charge in [0.05, 0.1) is 0 Å². The average Bonchev–Trinajstić information content (AvgIpc) is 2.21. The largest absolute Gasteiger partial charge is 0.300 e. The number of ketones is 1. The summed E-state index contributed by atoms with van der Waals surface area (Å²) in [6, 6.07) is 0. The minimum atomic E-state index is 0.464. The van der Waals surface area contributed by atoms with E-state index >= 15 is 0 Å². The van der Waals surface area contributed by atoms with Crippen LogP contribution in [0.5, 0.6) is 0 Å². The molecule has 0 radical (unpaired) electrons. The lowest BCUT2D eigenvalue weighted by Crippen LogP contribution is -2.02. The minimum Gasteiger partial charge on any atom is -0.300 e. The molecule has 0 aromatic heterocycles. The Balaban J connectivity index is 0.000000241. The van der Waals surface area contributed by atoms with Crippen molar-refractivity contribution in [3.63, 3.8) is 0 Å². The highest BCUT2D eigenvalue weighted by Crippen LogP contribution is 2.12. The Morgan fingerprint density at radius 1 is 1.07 bits per heavy atom. The average molecular weight is 196 g/mol. The third kappa shape index (κ3) is 9.50. The van der Waals surface area contributed by atoms with Crippen molar-refractivity contribution in [2.75, 3.05) is 0 Å². The maximum absolute atomic E-state index is 10.5. The first kappa shape index (κ1) is 13.4. The van der Waals surface area contributed by atoms with Crippen molar-refractivity contribution in [2.45, 2.75) is 65.2 Å². The van der Waals surface area contributed by atoms with Crippen LogP contribution < -0.4 is 0 Å². The summed E-state index contributed by atoms with van der Waals surface area (Å²) in [7, 11) is 0. The number of carbonyl (C=O) groups excluding carboxylic acids is 1. The summed E-state index contributed by atoms with van der Waals surface area (Å²) < 4.78 is 0. The van der Waals surface area contributed by atoms with E-state index in [0.29, 0.717) is 5.78 Å². The Morgan fingerprint density at radius 2 is 1.71 bits per heavy atom. The van der Waals surface area contributed by atoms with E-state index < -0.39 is 0 Å². The van der Waals surface area contributed by atoms with Crippen molar-refractivity contribution in [1.29, 1.82) is 0 Å². The molecule has 0 N–H and O–H groups in total. The third-order valence-electron chi connectivity index (χ3n) is 2.27. The number of hydrogen-bond donors (Lipinski definition) is 0. The van der Waals surface area contributed by atoms with Crippen LogP contribution in [0, 0.1) is 0 Å². The normalized spacial score (nSPS) is 16.6. The molecule has 0 spiro atoms. The fraction of sp³-hybridized carbons (Fsp3) is 0.769. The van der Waals surface area contributed by atoms with Crippen molar-refractivity contribution < 1.29 is 4.79 Å². The van der Waals surface area contributed by atoms with Gasteiger partial charge in [0.25, 0.3) is 0 Å². The van der Waals surface area contributed by atoms with E-state index in [-0.39, 0.29) is 0 Å². The summed E-state index contributed by atoms with van der Waals surface area (Å²) in [4.78, 5) is 10.5. The first-order chi connectivity index (χ1) is 6.81. The van der Waals surface area contributed by atoms with Gasteiger partial charge >= 0.3 is 0 Å². The predicted octanol–water partition coefficient (Wildman–Crippen LogP) is 4.27. The molecule has 0 unspecified atom stereocenters. The summed E-state index contributed by atoms with van der Waals surface area (Å²) in [6.07, 6.45) is 13.4. The second-order valence-electron chi connectivity index (χ2n) is 3.77. The summed E-state index contributed by atoms with van der Waals surface area (Å²) in [6.45, 7) is 4.35. The summed E-state index contributed by atoms with van der Waals surface area (Å²) in [5, 5.41) is 0. The molecule has 0 amide bonds. The van der Waals surface area contributed by atoms with Gasteiger partial charge in [-0.15, -0.1) is 0 Å². The number of carbonyl (C=O) groups is 1. The number of hydrogen-bond acceptors (Lipinski definition) is 1. The first-order valence-electron chi connectivity index (χ1n) is 5.98. The van der Waals surface area contributed by atoms with Crippen LogP contribution in [-0.4, -0.2) is 5.78 Å². The van der Waals surface area contributed by atoms with E-state index in [1.807, 2.05) is 0 Å². The van der Waals surface area contributed by atoms with E-state index in [0.717, 1.165) is 25.7 Å². The molecule has 1 saturated carbocycles. The Bertz CT molecular complexity index is 151. The van der Waals surface area contributed by atoms with Crippen LogP contribution in [-0.2, 0) is 4.79 Å². The highest BCUT2D eigenvalue weighted by molar-refractivity contribution is 5.78. The molecule has 0 atom stereocenters. The molecule has 1 rings (SSSR count). The summed E-state index contributed by atoms with van der Waals surface area (Å²) in [5.41, 5.74) is 0.